The number of benzene rings is 3. The number of amidine groups is 1. The van der Waals surface area contributed by atoms with Crippen molar-refractivity contribution >= 4 is 50.7 Å². The number of aryl methyl sites for hydroxylation is 3. The Hall–Kier alpha value is -4.00. The minimum absolute atomic E-state index is 0. The van der Waals surface area contributed by atoms with Crippen LogP contribution in [0.5, 0.6) is 0 Å². The van der Waals surface area contributed by atoms with E-state index in [1.807, 2.05) is 55.8 Å². The molecule has 42 heavy (non-hydrogen) atoms. The number of nitro groups is 1. The van der Waals surface area contributed by atoms with Crippen molar-refractivity contribution in [2.24, 2.45) is 12.8 Å². The molecule has 1 heterocycles. The fourth-order valence-corrected chi connectivity index (χ4v) is 6.20. The molecule has 0 spiro atoms. The van der Waals surface area contributed by atoms with Gasteiger partial charge in [0.2, 0.25) is 0 Å². The van der Waals surface area contributed by atoms with Gasteiger partial charge in [0.1, 0.15) is 11.7 Å². The van der Waals surface area contributed by atoms with E-state index in [9.17, 15) is 18.5 Å². The van der Waals surface area contributed by atoms with Gasteiger partial charge in [-0.25, -0.2) is 13.4 Å². The van der Waals surface area contributed by atoms with Crippen LogP contribution in [-0.4, -0.2) is 59.8 Å². The highest BCUT2D eigenvalue weighted by Crippen LogP contribution is 2.29. The van der Waals surface area contributed by atoms with Crippen LogP contribution < -0.4 is 10.0 Å². The Morgan fingerprint density at radius 3 is 2.21 bits per heavy atom. The van der Waals surface area contributed by atoms with Gasteiger partial charge in [0, 0.05) is 44.3 Å². The Labute approximate surface area is 252 Å². The molecular weight excluding hydrogens is 578 g/mol. The van der Waals surface area contributed by atoms with E-state index >= 15 is 0 Å². The molecule has 11 nitrogen and oxygen atoms in total. The van der Waals surface area contributed by atoms with Crippen molar-refractivity contribution in [1.82, 2.24) is 14.5 Å². The molecule has 4 aromatic rings. The van der Waals surface area contributed by atoms with Crippen molar-refractivity contribution < 1.29 is 13.3 Å². The second kappa shape index (κ2) is 13.8. The molecule has 13 heteroatoms. The number of sulfonamides is 1. The molecule has 0 aliphatic rings. The van der Waals surface area contributed by atoms with Gasteiger partial charge in [-0.1, -0.05) is 38.1 Å². The summed E-state index contributed by atoms with van der Waals surface area (Å²) in [6.45, 7) is 6.34. The lowest BCUT2D eigenvalue weighted by molar-refractivity contribution is -0.384. The lowest BCUT2D eigenvalue weighted by Crippen LogP contribution is -2.38. The molecule has 0 bridgehead atoms. The number of nitrogens with two attached hydrogens (primary N) is 1. The van der Waals surface area contributed by atoms with Gasteiger partial charge < -0.3 is 15.2 Å². The van der Waals surface area contributed by atoms with Crippen LogP contribution in [0.2, 0.25) is 0 Å². The molecule has 0 saturated heterocycles. The highest BCUT2D eigenvalue weighted by atomic mass is 35.5. The second-order valence-electron chi connectivity index (χ2n) is 9.73. The number of hydrogen-bond acceptors (Lipinski definition) is 7. The third-order valence-electron chi connectivity index (χ3n) is 7.30. The number of nitrogens with one attached hydrogen (secondary N) is 1. The number of likely N-dealkylation sites (N-methyl/N-ethyl adjacent to an activating group) is 1. The zero-order valence-electron chi connectivity index (χ0n) is 23.9. The summed E-state index contributed by atoms with van der Waals surface area (Å²) in [6.07, 6.45) is 1.42. The van der Waals surface area contributed by atoms with Crippen LogP contribution in [0.15, 0.2) is 71.6 Å². The van der Waals surface area contributed by atoms with Gasteiger partial charge in [0.25, 0.3) is 15.7 Å². The first-order chi connectivity index (χ1) is 19.5. The molecule has 0 aliphatic heterocycles. The average Bonchev–Trinajstić information content (AvgIpc) is 3.28. The standard InChI is InChI=1S/C29H35N7O4S.ClH/c1-4-34(5-2)18-19-35(41(39,40)25-14-11-23(12-15-25)36(37)38)24-13-16-27-26(20-24)32-28(33(27)3)17-8-21-6-9-22(10-7-21)29(30)31;/h6-7,9-16,20H,4-5,8,17-19H2,1-3H3,(H3,30,31);1H. The van der Waals surface area contributed by atoms with Crippen LogP contribution in [-0.2, 0) is 29.9 Å². The van der Waals surface area contributed by atoms with Crippen LogP contribution in [0, 0.1) is 15.5 Å². The summed E-state index contributed by atoms with van der Waals surface area (Å²) in [5.74, 6) is 0.894. The van der Waals surface area contributed by atoms with Gasteiger partial charge in [0.15, 0.2) is 0 Å². The number of imidazole rings is 1. The smallest absolute Gasteiger partial charge is 0.269 e. The van der Waals surface area contributed by atoms with Crippen LogP contribution >= 0.6 is 12.4 Å². The SMILES string of the molecule is CCN(CC)CCN(c1ccc2c(c1)nc(CCc1ccc(C(=N)N)cc1)n2C)S(=O)(=O)c1ccc([N+](=O)[O-])cc1.Cl. The molecule has 0 unspecified atom stereocenters. The Morgan fingerprint density at radius 2 is 1.64 bits per heavy atom. The third kappa shape index (κ3) is 7.07. The molecule has 0 atom stereocenters. The summed E-state index contributed by atoms with van der Waals surface area (Å²) in [4.78, 5) is 17.5. The van der Waals surface area contributed by atoms with Crippen molar-refractivity contribution in [2.75, 3.05) is 30.5 Å². The number of hydrogen-bond donors (Lipinski definition) is 2. The van der Waals surface area contributed by atoms with E-state index in [1.54, 1.807) is 12.1 Å². The molecule has 0 fully saturated rings. The Kier molecular flexibility index (Phi) is 10.7. The quantitative estimate of drug-likeness (QED) is 0.0974. The fraction of sp³-hybridized carbons (Fsp3) is 0.310. The summed E-state index contributed by atoms with van der Waals surface area (Å²) in [5, 5.41) is 18.7. The Balaban J connectivity index is 0.00000484. The van der Waals surface area contributed by atoms with Gasteiger partial charge >= 0.3 is 0 Å². The number of nitrogen functional groups attached to an aromatic ring is 1. The molecule has 3 aromatic carbocycles. The number of anilines is 1. The molecule has 3 N–H and O–H groups in total. The summed E-state index contributed by atoms with van der Waals surface area (Å²) >= 11 is 0. The Bertz CT molecular complexity index is 1650. The zero-order chi connectivity index (χ0) is 29.7. The average molecular weight is 614 g/mol. The number of non-ortho nitro benzene ring substituents is 1. The lowest BCUT2D eigenvalue weighted by Gasteiger charge is -2.27. The van der Waals surface area contributed by atoms with Crippen LogP contribution in [0.1, 0.15) is 30.8 Å². The van der Waals surface area contributed by atoms with Gasteiger partial charge in [0.05, 0.1) is 26.5 Å². The van der Waals surface area contributed by atoms with Gasteiger partial charge in [-0.3, -0.25) is 19.8 Å². The van der Waals surface area contributed by atoms with Crippen molar-refractivity contribution in [3.8, 4) is 0 Å². The number of nitrogens with zero attached hydrogens (tertiary/aromatic N) is 5. The number of rotatable bonds is 13. The first kappa shape index (κ1) is 32.5. The van der Waals surface area contributed by atoms with E-state index in [4.69, 9.17) is 16.1 Å². The van der Waals surface area contributed by atoms with Crippen molar-refractivity contribution in [1.29, 1.82) is 5.41 Å². The van der Waals surface area contributed by atoms with Crippen molar-refractivity contribution in [2.45, 2.75) is 31.6 Å². The molecule has 0 amide bonds. The molecule has 1 aromatic heterocycles. The van der Waals surface area contributed by atoms with Crippen LogP contribution in [0.4, 0.5) is 11.4 Å². The number of halogens is 1. The van der Waals surface area contributed by atoms with Gasteiger partial charge in [-0.2, -0.15) is 0 Å². The monoisotopic (exact) mass is 613 g/mol. The van der Waals surface area contributed by atoms with Crippen molar-refractivity contribution in [3.05, 3.63) is 93.8 Å². The van der Waals surface area contributed by atoms with Gasteiger partial charge in [-0.05, 0) is 55.4 Å². The van der Waals surface area contributed by atoms with Crippen LogP contribution in [0.25, 0.3) is 11.0 Å². The van der Waals surface area contributed by atoms with E-state index in [2.05, 4.69) is 4.90 Å². The third-order valence-corrected chi connectivity index (χ3v) is 9.14. The summed E-state index contributed by atoms with van der Waals surface area (Å²) in [5.41, 5.74) is 9.20. The minimum Gasteiger partial charge on any atom is -0.384 e. The van der Waals surface area contributed by atoms with Gasteiger partial charge in [-0.15, -0.1) is 12.4 Å². The minimum atomic E-state index is -4.01. The maximum absolute atomic E-state index is 13.8. The van der Waals surface area contributed by atoms with E-state index in [-0.39, 0.29) is 35.4 Å². The summed E-state index contributed by atoms with van der Waals surface area (Å²) in [7, 11) is -2.07. The topological polar surface area (TPSA) is 151 Å². The van der Waals surface area contributed by atoms with E-state index < -0.39 is 14.9 Å². The lowest BCUT2D eigenvalue weighted by atomic mass is 10.1. The second-order valence-corrected chi connectivity index (χ2v) is 11.6. The highest BCUT2D eigenvalue weighted by Gasteiger charge is 2.27. The molecule has 224 valence electrons. The molecule has 0 radical (unpaired) electrons. The summed E-state index contributed by atoms with van der Waals surface area (Å²) < 4.78 is 31.0. The summed E-state index contributed by atoms with van der Waals surface area (Å²) in [6, 6.07) is 18.0. The number of nitro benzene ring substituents is 1. The maximum atomic E-state index is 13.8. The number of aromatic nitrogens is 2. The molecule has 0 aliphatic carbocycles. The zero-order valence-corrected chi connectivity index (χ0v) is 25.5. The molecule has 4 rings (SSSR count). The first-order valence-corrected chi connectivity index (χ1v) is 14.9. The fourth-order valence-electron chi connectivity index (χ4n) is 4.75. The van der Waals surface area contributed by atoms with E-state index in [1.165, 1.54) is 28.6 Å². The number of fused-ring (bicyclic) bond motifs is 1. The Morgan fingerprint density at radius 1 is 1.00 bits per heavy atom. The van der Waals surface area contributed by atoms with Crippen molar-refractivity contribution in [3.63, 3.8) is 0 Å². The molecular formula is C29H36ClN7O4S. The van der Waals surface area contributed by atoms with Crippen LogP contribution in [0.3, 0.4) is 0 Å². The molecule has 0 saturated carbocycles. The van der Waals surface area contributed by atoms with E-state index in [0.29, 0.717) is 29.7 Å². The first-order valence-electron chi connectivity index (χ1n) is 13.4. The predicted octanol–water partition coefficient (Wildman–Crippen LogP) is 4.51. The maximum Gasteiger partial charge on any atom is 0.269 e. The normalized spacial score (nSPS) is 11.4. The largest absolute Gasteiger partial charge is 0.384 e. The predicted molar refractivity (Wildman–Crippen MR) is 168 cm³/mol. The van der Waals surface area contributed by atoms with E-state index in [0.717, 1.165) is 36.4 Å². The highest BCUT2D eigenvalue weighted by molar-refractivity contribution is 7.92.